The molecule has 84 valence electrons. The minimum absolute atomic E-state index is 0.0960. The molecule has 2 aromatic rings. The second kappa shape index (κ2) is 3.59. The van der Waals surface area contributed by atoms with Crippen molar-refractivity contribution in [1.29, 1.82) is 0 Å². The van der Waals surface area contributed by atoms with E-state index < -0.39 is 0 Å². The third-order valence-corrected chi connectivity index (χ3v) is 2.55. The molecule has 0 amide bonds. The predicted molar refractivity (Wildman–Crippen MR) is 58.6 cm³/mol. The quantitative estimate of drug-likeness (QED) is 0.718. The number of nitrogens with zero attached hydrogens (tertiary/aromatic N) is 2. The van der Waals surface area contributed by atoms with Crippen molar-refractivity contribution < 1.29 is 9.21 Å². The van der Waals surface area contributed by atoms with Gasteiger partial charge in [-0.15, -0.1) is 0 Å². The van der Waals surface area contributed by atoms with Crippen LogP contribution in [0, 0.1) is 6.92 Å². The van der Waals surface area contributed by atoms with Crippen LogP contribution in [0.2, 0.25) is 0 Å². The smallest absolute Gasteiger partial charge is 0.265 e. The first-order chi connectivity index (χ1) is 7.56. The van der Waals surface area contributed by atoms with Crippen LogP contribution in [0.5, 0.6) is 0 Å². The summed E-state index contributed by atoms with van der Waals surface area (Å²) in [6.07, 6.45) is 1.72. The Kier molecular flexibility index (Phi) is 2.38. The summed E-state index contributed by atoms with van der Waals surface area (Å²) >= 11 is 0. The fourth-order valence-corrected chi connectivity index (χ4v) is 1.70. The van der Waals surface area contributed by atoms with Gasteiger partial charge in [-0.2, -0.15) is 0 Å². The number of rotatable bonds is 2. The van der Waals surface area contributed by atoms with Crippen LogP contribution in [0.3, 0.4) is 0 Å². The molecule has 16 heavy (non-hydrogen) atoms. The van der Waals surface area contributed by atoms with E-state index in [-0.39, 0.29) is 22.4 Å². The second-order valence-corrected chi connectivity index (χ2v) is 3.65. The van der Waals surface area contributed by atoms with Gasteiger partial charge in [0.1, 0.15) is 17.5 Å². The van der Waals surface area contributed by atoms with Crippen molar-refractivity contribution in [1.82, 2.24) is 9.55 Å². The second-order valence-electron chi connectivity index (χ2n) is 3.65. The number of Topliss-reactive ketones (excluding diaryl/α,β-unsaturated/α-hetero) is 1. The highest BCUT2D eigenvalue weighted by molar-refractivity contribution is 6.07. The van der Waals surface area contributed by atoms with Gasteiger partial charge in [-0.25, -0.2) is 4.98 Å². The average Bonchev–Trinajstić information content (AvgIpc) is 2.60. The molecular weight excluding hydrogens is 208 g/mol. The first-order valence-electron chi connectivity index (χ1n) is 5.04. The van der Waals surface area contributed by atoms with Crippen molar-refractivity contribution in [3.8, 4) is 0 Å². The van der Waals surface area contributed by atoms with E-state index in [1.54, 1.807) is 20.9 Å². The molecule has 0 aliphatic heterocycles. The maximum atomic E-state index is 11.9. The SMILES string of the molecule is CCC(=O)c1c(C)oc2ncn(C)c(=O)c12. The number of carbonyl (C=O) groups is 1. The van der Waals surface area contributed by atoms with Crippen molar-refractivity contribution >= 4 is 16.9 Å². The summed E-state index contributed by atoms with van der Waals surface area (Å²) in [5.74, 6) is 0.360. The summed E-state index contributed by atoms with van der Waals surface area (Å²) < 4.78 is 6.65. The third kappa shape index (κ3) is 1.36. The first-order valence-corrected chi connectivity index (χ1v) is 5.04. The van der Waals surface area contributed by atoms with Crippen LogP contribution in [0.25, 0.3) is 11.1 Å². The van der Waals surface area contributed by atoms with E-state index in [1.165, 1.54) is 10.9 Å². The molecule has 0 fully saturated rings. The van der Waals surface area contributed by atoms with Crippen LogP contribution >= 0.6 is 0 Å². The number of furan rings is 1. The molecule has 0 N–H and O–H groups in total. The molecule has 2 aromatic heterocycles. The Morgan fingerprint density at radius 1 is 1.56 bits per heavy atom. The molecule has 0 spiro atoms. The largest absolute Gasteiger partial charge is 0.442 e. The van der Waals surface area contributed by atoms with Crippen LogP contribution in [0.4, 0.5) is 0 Å². The summed E-state index contributed by atoms with van der Waals surface area (Å²) in [5, 5.41) is 0.286. The number of aromatic nitrogens is 2. The van der Waals surface area contributed by atoms with E-state index in [4.69, 9.17) is 4.42 Å². The van der Waals surface area contributed by atoms with Gasteiger partial charge in [-0.1, -0.05) is 6.92 Å². The Balaban J connectivity index is 2.92. The van der Waals surface area contributed by atoms with Crippen molar-refractivity contribution in [2.24, 2.45) is 7.05 Å². The molecule has 0 aliphatic rings. The van der Waals surface area contributed by atoms with E-state index in [0.29, 0.717) is 17.7 Å². The summed E-state index contributed by atoms with van der Waals surface area (Å²) in [4.78, 5) is 27.6. The lowest BCUT2D eigenvalue weighted by atomic mass is 10.1. The lowest BCUT2D eigenvalue weighted by Crippen LogP contribution is -2.18. The van der Waals surface area contributed by atoms with E-state index in [1.807, 2.05) is 0 Å². The number of ketones is 1. The molecular formula is C11H12N2O3. The number of carbonyl (C=O) groups excluding carboxylic acids is 1. The Morgan fingerprint density at radius 2 is 2.25 bits per heavy atom. The highest BCUT2D eigenvalue weighted by atomic mass is 16.3. The Morgan fingerprint density at radius 3 is 2.88 bits per heavy atom. The van der Waals surface area contributed by atoms with Crippen LogP contribution in [0.1, 0.15) is 29.5 Å². The Labute approximate surface area is 91.7 Å². The zero-order valence-electron chi connectivity index (χ0n) is 9.40. The normalized spacial score (nSPS) is 10.9. The molecule has 0 unspecified atom stereocenters. The molecule has 0 bridgehead atoms. The molecule has 0 radical (unpaired) electrons. The van der Waals surface area contributed by atoms with Crippen molar-refractivity contribution in [2.45, 2.75) is 20.3 Å². The fraction of sp³-hybridized carbons (Fsp3) is 0.364. The molecule has 0 aliphatic carbocycles. The number of hydrogen-bond donors (Lipinski definition) is 0. The van der Waals surface area contributed by atoms with Crippen LogP contribution in [0.15, 0.2) is 15.5 Å². The lowest BCUT2D eigenvalue weighted by molar-refractivity contribution is 0.0988. The van der Waals surface area contributed by atoms with Crippen LogP contribution in [-0.2, 0) is 7.05 Å². The highest BCUT2D eigenvalue weighted by Crippen LogP contribution is 2.21. The van der Waals surface area contributed by atoms with Gasteiger partial charge in [0.2, 0.25) is 5.71 Å². The van der Waals surface area contributed by atoms with Gasteiger partial charge >= 0.3 is 0 Å². The molecule has 0 saturated carbocycles. The summed E-state index contributed by atoms with van der Waals surface area (Å²) in [6.45, 7) is 3.42. The number of aryl methyl sites for hydroxylation is 2. The minimum Gasteiger partial charge on any atom is -0.442 e. The van der Waals surface area contributed by atoms with E-state index in [9.17, 15) is 9.59 Å². The monoisotopic (exact) mass is 220 g/mol. The Bertz CT molecular complexity index is 622. The maximum Gasteiger partial charge on any atom is 0.265 e. The molecule has 2 heterocycles. The van der Waals surface area contributed by atoms with Gasteiger partial charge < -0.3 is 8.98 Å². The maximum absolute atomic E-state index is 11.9. The van der Waals surface area contributed by atoms with Gasteiger partial charge in [0.25, 0.3) is 5.56 Å². The van der Waals surface area contributed by atoms with Gasteiger partial charge in [0.05, 0.1) is 5.56 Å². The molecule has 5 heteroatoms. The highest BCUT2D eigenvalue weighted by Gasteiger charge is 2.20. The fourth-order valence-electron chi connectivity index (χ4n) is 1.70. The summed E-state index contributed by atoms with van der Waals surface area (Å²) in [5.41, 5.74) is 0.349. The van der Waals surface area contributed by atoms with E-state index in [0.717, 1.165) is 0 Å². The van der Waals surface area contributed by atoms with Crippen molar-refractivity contribution in [2.75, 3.05) is 0 Å². The molecule has 0 aromatic carbocycles. The minimum atomic E-state index is -0.251. The molecule has 2 rings (SSSR count). The number of hydrogen-bond acceptors (Lipinski definition) is 4. The van der Waals surface area contributed by atoms with E-state index in [2.05, 4.69) is 4.98 Å². The van der Waals surface area contributed by atoms with E-state index >= 15 is 0 Å². The summed E-state index contributed by atoms with van der Waals surface area (Å²) in [7, 11) is 1.59. The van der Waals surface area contributed by atoms with Crippen LogP contribution in [-0.4, -0.2) is 15.3 Å². The average molecular weight is 220 g/mol. The Hall–Kier alpha value is -1.91. The zero-order valence-corrected chi connectivity index (χ0v) is 9.40. The van der Waals surface area contributed by atoms with Crippen molar-refractivity contribution in [3.05, 3.63) is 28.0 Å². The molecule has 5 nitrogen and oxygen atoms in total. The van der Waals surface area contributed by atoms with Gasteiger partial charge in [-0.3, -0.25) is 9.59 Å². The zero-order chi connectivity index (χ0) is 11.9. The predicted octanol–water partition coefficient (Wildman–Crippen LogP) is 1.43. The van der Waals surface area contributed by atoms with Crippen LogP contribution < -0.4 is 5.56 Å². The van der Waals surface area contributed by atoms with Gasteiger partial charge in [-0.05, 0) is 6.92 Å². The standard InChI is InChI=1S/C11H12N2O3/c1-4-7(14)8-6(2)16-10-9(8)11(15)13(3)5-12-10/h5H,4H2,1-3H3. The molecule has 0 atom stereocenters. The third-order valence-electron chi connectivity index (χ3n) is 2.55. The molecule has 0 saturated heterocycles. The number of fused-ring (bicyclic) bond motifs is 1. The topological polar surface area (TPSA) is 65.1 Å². The van der Waals surface area contributed by atoms with Gasteiger partial charge in [0.15, 0.2) is 5.78 Å². The summed E-state index contributed by atoms with van der Waals surface area (Å²) in [6, 6.07) is 0. The van der Waals surface area contributed by atoms with Gasteiger partial charge in [0, 0.05) is 13.5 Å². The van der Waals surface area contributed by atoms with Crippen molar-refractivity contribution in [3.63, 3.8) is 0 Å². The first kappa shape index (κ1) is 10.6. The lowest BCUT2D eigenvalue weighted by Gasteiger charge is -1.97.